The van der Waals surface area contributed by atoms with Crippen molar-refractivity contribution < 1.29 is 0 Å². The minimum absolute atomic E-state index is 0.471. The van der Waals surface area contributed by atoms with Crippen LogP contribution in [0.3, 0.4) is 0 Å². The smallest absolute Gasteiger partial charge is 0.138 e. The second-order valence-corrected chi connectivity index (χ2v) is 8.05. The molecule has 0 aliphatic carbocycles. The van der Waals surface area contributed by atoms with Crippen molar-refractivity contribution in [1.82, 2.24) is 29.4 Å². The van der Waals surface area contributed by atoms with Crippen molar-refractivity contribution in [3.8, 4) is 11.4 Å². The summed E-state index contributed by atoms with van der Waals surface area (Å²) in [5.74, 6) is 0.942. The third kappa shape index (κ3) is 5.47. The highest BCUT2D eigenvalue weighted by atomic mass is 15.3. The Morgan fingerprint density at radius 1 is 0.808 bits per heavy atom. The van der Waals surface area contributed by atoms with Crippen LogP contribution >= 0.6 is 0 Å². The summed E-state index contributed by atoms with van der Waals surface area (Å²) in [4.78, 5) is 4.35. The van der Waals surface area contributed by atoms with E-state index in [0.717, 1.165) is 26.2 Å². The maximum absolute atomic E-state index is 6.19. The van der Waals surface area contributed by atoms with Gasteiger partial charge in [0.25, 0.3) is 0 Å². The van der Waals surface area contributed by atoms with Crippen LogP contribution in [0, 0.1) is 11.8 Å². The maximum Gasteiger partial charge on any atom is 0.138 e. The lowest BCUT2D eigenvalue weighted by Gasteiger charge is -2.16. The van der Waals surface area contributed by atoms with Gasteiger partial charge in [0, 0.05) is 38.6 Å². The van der Waals surface area contributed by atoms with Gasteiger partial charge in [-0.25, -0.2) is 0 Å². The molecular formula is C18H34N8. The van der Waals surface area contributed by atoms with E-state index >= 15 is 0 Å². The molecule has 2 heterocycles. The van der Waals surface area contributed by atoms with Gasteiger partial charge in [-0.1, -0.05) is 13.8 Å². The molecule has 0 fully saturated rings. The van der Waals surface area contributed by atoms with E-state index in [1.54, 1.807) is 0 Å². The molecule has 2 atom stereocenters. The molecule has 0 saturated heterocycles. The summed E-state index contributed by atoms with van der Waals surface area (Å²) in [6, 6.07) is 0. The molecule has 0 aromatic carbocycles. The van der Waals surface area contributed by atoms with Crippen molar-refractivity contribution in [3.63, 3.8) is 0 Å². The fourth-order valence-electron chi connectivity index (χ4n) is 3.43. The molecule has 0 aliphatic rings. The number of nitrogens with two attached hydrogens (primary N) is 2. The summed E-state index contributed by atoms with van der Waals surface area (Å²) in [5.41, 5.74) is 14.9. The Hall–Kier alpha value is -2.06. The summed E-state index contributed by atoms with van der Waals surface area (Å²) in [6.07, 6.45) is 3.74. The van der Waals surface area contributed by atoms with Gasteiger partial charge < -0.3 is 21.3 Å². The number of anilines is 2. The predicted octanol–water partition coefficient (Wildman–Crippen LogP) is 1.31. The van der Waals surface area contributed by atoms with Gasteiger partial charge in [-0.3, -0.25) is 9.36 Å². The minimum Gasteiger partial charge on any atom is -0.396 e. The van der Waals surface area contributed by atoms with Crippen LogP contribution in [-0.4, -0.2) is 70.6 Å². The average molecular weight is 363 g/mol. The highest BCUT2D eigenvalue weighted by Gasteiger charge is 2.18. The number of aromatic nitrogens is 4. The van der Waals surface area contributed by atoms with Gasteiger partial charge in [0.2, 0.25) is 0 Å². The molecule has 0 saturated carbocycles. The van der Waals surface area contributed by atoms with E-state index < -0.39 is 0 Å². The SMILES string of the molecule is CC(CN(C)C)Cn1cc(N)c(-c2nn(CC(C)CN(C)C)cc2N)n1. The maximum atomic E-state index is 6.19. The van der Waals surface area contributed by atoms with Gasteiger partial charge in [-0.05, 0) is 40.0 Å². The fourth-order valence-corrected chi connectivity index (χ4v) is 3.43. The van der Waals surface area contributed by atoms with Gasteiger partial charge in [-0.2, -0.15) is 10.2 Å². The second kappa shape index (κ2) is 8.55. The standard InChI is InChI=1S/C18H34N8/c1-13(7-23(3)4)9-25-11-15(19)17(21-25)18-16(20)12-26(22-18)10-14(2)8-24(5)6/h11-14H,7-10,19-20H2,1-6H3. The lowest BCUT2D eigenvalue weighted by Crippen LogP contribution is -2.23. The van der Waals surface area contributed by atoms with Crippen LogP contribution in [-0.2, 0) is 13.1 Å². The lowest BCUT2D eigenvalue weighted by molar-refractivity contribution is 0.307. The first-order chi connectivity index (χ1) is 12.2. The third-order valence-electron chi connectivity index (χ3n) is 4.16. The van der Waals surface area contributed by atoms with Gasteiger partial charge in [0.1, 0.15) is 11.4 Å². The summed E-state index contributed by atoms with van der Waals surface area (Å²) in [7, 11) is 8.29. The fraction of sp³-hybridized carbons (Fsp3) is 0.667. The Morgan fingerprint density at radius 2 is 1.15 bits per heavy atom. The van der Waals surface area contributed by atoms with Crippen LogP contribution in [0.15, 0.2) is 12.4 Å². The van der Waals surface area contributed by atoms with E-state index in [-0.39, 0.29) is 0 Å². The molecule has 2 aromatic rings. The van der Waals surface area contributed by atoms with Gasteiger partial charge in [0.05, 0.1) is 11.4 Å². The minimum atomic E-state index is 0.471. The Bertz CT molecular complexity index is 640. The number of rotatable bonds is 9. The Morgan fingerprint density at radius 3 is 1.46 bits per heavy atom. The Balaban J connectivity index is 2.13. The van der Waals surface area contributed by atoms with E-state index in [1.165, 1.54) is 0 Å². The Labute approximate surface area is 156 Å². The molecule has 26 heavy (non-hydrogen) atoms. The summed E-state index contributed by atoms with van der Waals surface area (Å²) in [5, 5.41) is 9.28. The first-order valence-corrected chi connectivity index (χ1v) is 9.11. The molecule has 2 aromatic heterocycles. The molecule has 2 rings (SSSR count). The molecule has 0 aliphatic heterocycles. The molecule has 8 heteroatoms. The number of nitrogens with zero attached hydrogens (tertiary/aromatic N) is 6. The van der Waals surface area contributed by atoms with Gasteiger partial charge in [-0.15, -0.1) is 0 Å². The van der Waals surface area contributed by atoms with Crippen molar-refractivity contribution in [2.45, 2.75) is 26.9 Å². The zero-order chi connectivity index (χ0) is 19.4. The second-order valence-electron chi connectivity index (χ2n) is 8.05. The molecule has 0 bridgehead atoms. The van der Waals surface area contributed by atoms with Gasteiger partial charge >= 0.3 is 0 Å². The number of hydrogen-bond donors (Lipinski definition) is 2. The molecule has 2 unspecified atom stereocenters. The van der Waals surface area contributed by atoms with E-state index in [9.17, 15) is 0 Å². The first kappa shape index (κ1) is 20.3. The van der Waals surface area contributed by atoms with Crippen LogP contribution in [0.2, 0.25) is 0 Å². The topological polar surface area (TPSA) is 94.2 Å². The largest absolute Gasteiger partial charge is 0.396 e. The quantitative estimate of drug-likeness (QED) is 0.698. The lowest BCUT2D eigenvalue weighted by atomic mass is 10.2. The third-order valence-corrected chi connectivity index (χ3v) is 4.16. The van der Waals surface area contributed by atoms with E-state index in [0.29, 0.717) is 34.6 Å². The molecule has 4 N–H and O–H groups in total. The number of nitrogen functional groups attached to an aromatic ring is 2. The van der Waals surface area contributed by atoms with Crippen LogP contribution in [0.1, 0.15) is 13.8 Å². The molecule has 8 nitrogen and oxygen atoms in total. The van der Waals surface area contributed by atoms with E-state index in [1.807, 2.05) is 21.8 Å². The van der Waals surface area contributed by atoms with E-state index in [4.69, 9.17) is 11.5 Å². The number of hydrogen-bond acceptors (Lipinski definition) is 6. The zero-order valence-electron chi connectivity index (χ0n) is 17.0. The predicted molar refractivity (Wildman–Crippen MR) is 108 cm³/mol. The molecule has 0 radical (unpaired) electrons. The van der Waals surface area contributed by atoms with Crippen LogP contribution in [0.4, 0.5) is 11.4 Å². The van der Waals surface area contributed by atoms with Crippen molar-refractivity contribution in [1.29, 1.82) is 0 Å². The van der Waals surface area contributed by atoms with Crippen LogP contribution in [0.25, 0.3) is 11.4 Å². The van der Waals surface area contributed by atoms with Crippen molar-refractivity contribution in [2.24, 2.45) is 11.8 Å². The van der Waals surface area contributed by atoms with E-state index in [2.05, 4.69) is 62.0 Å². The molecule has 146 valence electrons. The summed E-state index contributed by atoms with van der Waals surface area (Å²) < 4.78 is 3.79. The van der Waals surface area contributed by atoms with Crippen molar-refractivity contribution >= 4 is 11.4 Å². The molecular weight excluding hydrogens is 328 g/mol. The summed E-state index contributed by atoms with van der Waals surface area (Å²) >= 11 is 0. The van der Waals surface area contributed by atoms with Gasteiger partial charge in [0.15, 0.2) is 0 Å². The molecule has 0 spiro atoms. The Kier molecular flexibility index (Phi) is 6.66. The average Bonchev–Trinajstić information content (AvgIpc) is 2.99. The highest BCUT2D eigenvalue weighted by Crippen LogP contribution is 2.28. The molecule has 0 amide bonds. The highest BCUT2D eigenvalue weighted by molar-refractivity contribution is 5.77. The van der Waals surface area contributed by atoms with Crippen molar-refractivity contribution in [2.75, 3.05) is 52.7 Å². The zero-order valence-corrected chi connectivity index (χ0v) is 17.0. The first-order valence-electron chi connectivity index (χ1n) is 9.11. The normalized spacial score (nSPS) is 14.3. The van der Waals surface area contributed by atoms with Crippen molar-refractivity contribution in [3.05, 3.63) is 12.4 Å². The van der Waals surface area contributed by atoms with Crippen LogP contribution in [0.5, 0.6) is 0 Å². The van der Waals surface area contributed by atoms with Crippen LogP contribution < -0.4 is 11.5 Å². The summed E-state index contributed by atoms with van der Waals surface area (Å²) in [6.45, 7) is 8.01. The monoisotopic (exact) mass is 362 g/mol.